The summed E-state index contributed by atoms with van der Waals surface area (Å²) in [7, 11) is -5.89. The molecule has 23 heavy (non-hydrogen) atoms. The number of aliphatic hydroxyl groups is 1. The van der Waals surface area contributed by atoms with Crippen molar-refractivity contribution in [3.8, 4) is 0 Å². The standard InChI is InChI=1S/C14H20F2O6S/c1-12(8-22-11(17)14(15,16)23(19,20)21)5-9-3-10(4-9)6-13(2,18)7-12/h5,10,18H,3-4,6-8H2,1-2H3,(H,19,20,21). The normalized spacial score (nSPS) is 34.7. The molecule has 0 aromatic rings. The van der Waals surface area contributed by atoms with Gasteiger partial charge in [-0.2, -0.15) is 17.2 Å². The van der Waals surface area contributed by atoms with Crippen LogP contribution in [-0.2, 0) is 19.6 Å². The van der Waals surface area contributed by atoms with Gasteiger partial charge in [0, 0.05) is 5.41 Å². The minimum atomic E-state index is -5.89. The zero-order chi connectivity index (χ0) is 17.7. The van der Waals surface area contributed by atoms with Gasteiger partial charge in [0.25, 0.3) is 0 Å². The smallest absolute Gasteiger partial charge is 0.459 e. The number of hydrogen-bond acceptors (Lipinski definition) is 5. The third-order valence-corrected chi connectivity index (χ3v) is 5.08. The Bertz CT molecular complexity index is 632. The number of carbonyl (C=O) groups is 1. The molecule has 0 aliphatic heterocycles. The summed E-state index contributed by atoms with van der Waals surface area (Å²) in [5.74, 6) is -1.93. The second-order valence-electron chi connectivity index (χ2n) is 7.18. The van der Waals surface area contributed by atoms with E-state index < -0.39 is 39.0 Å². The average molecular weight is 354 g/mol. The molecule has 0 amide bonds. The predicted octanol–water partition coefficient (Wildman–Crippen LogP) is 1.90. The molecule has 0 heterocycles. The third-order valence-electron chi connectivity index (χ3n) is 4.26. The molecule has 0 saturated heterocycles. The average Bonchev–Trinajstić information content (AvgIpc) is 2.29. The molecule has 2 N–H and O–H groups in total. The maximum atomic E-state index is 13.2. The van der Waals surface area contributed by atoms with Crippen molar-refractivity contribution in [3.05, 3.63) is 11.6 Å². The molecule has 1 fully saturated rings. The lowest BCUT2D eigenvalue weighted by Gasteiger charge is -2.44. The van der Waals surface area contributed by atoms with Gasteiger partial charge in [-0.05, 0) is 38.5 Å². The molecular weight excluding hydrogens is 334 g/mol. The van der Waals surface area contributed by atoms with Crippen LogP contribution in [0.4, 0.5) is 8.78 Å². The van der Waals surface area contributed by atoms with Crippen molar-refractivity contribution in [3.63, 3.8) is 0 Å². The number of hydrogen-bond donors (Lipinski definition) is 2. The SMILES string of the molecule is CC1(O)CC2CC(=CC(C)(COC(=O)C(F)(F)S(=O)(=O)O)C1)C2. The number of esters is 1. The third kappa shape index (κ3) is 3.89. The monoisotopic (exact) mass is 354 g/mol. The molecule has 2 bridgehead atoms. The molecule has 3 aliphatic carbocycles. The molecule has 0 radical (unpaired) electrons. The molecule has 2 atom stereocenters. The lowest BCUT2D eigenvalue weighted by Crippen LogP contribution is -2.44. The van der Waals surface area contributed by atoms with E-state index in [2.05, 4.69) is 4.74 Å². The Morgan fingerprint density at radius 3 is 2.52 bits per heavy atom. The van der Waals surface area contributed by atoms with Gasteiger partial charge in [0.2, 0.25) is 0 Å². The number of rotatable bonds is 4. The minimum Gasteiger partial charge on any atom is -0.459 e. The van der Waals surface area contributed by atoms with Gasteiger partial charge in [-0.25, -0.2) is 4.79 Å². The molecule has 6 nitrogen and oxygen atoms in total. The highest BCUT2D eigenvalue weighted by atomic mass is 32.2. The first-order valence-electron chi connectivity index (χ1n) is 7.19. The van der Waals surface area contributed by atoms with Crippen molar-refractivity contribution < 1.29 is 36.4 Å². The Kier molecular flexibility index (Phi) is 4.36. The van der Waals surface area contributed by atoms with Crippen LogP contribution in [0.2, 0.25) is 0 Å². The first-order chi connectivity index (χ1) is 10.2. The van der Waals surface area contributed by atoms with Crippen LogP contribution < -0.4 is 0 Å². The number of alkyl halides is 2. The van der Waals surface area contributed by atoms with Crippen LogP contribution >= 0.6 is 0 Å². The molecule has 9 heteroatoms. The van der Waals surface area contributed by atoms with E-state index in [9.17, 15) is 27.1 Å². The van der Waals surface area contributed by atoms with Gasteiger partial charge in [0.05, 0.1) is 5.60 Å². The molecular formula is C14H20F2O6S. The fourth-order valence-electron chi connectivity index (χ4n) is 3.56. The van der Waals surface area contributed by atoms with Gasteiger partial charge in [0.1, 0.15) is 6.61 Å². The van der Waals surface area contributed by atoms with Crippen molar-refractivity contribution in [2.24, 2.45) is 11.3 Å². The Hall–Kier alpha value is -1.06. The minimum absolute atomic E-state index is 0.185. The first-order valence-corrected chi connectivity index (χ1v) is 8.63. The lowest BCUT2D eigenvalue weighted by molar-refractivity contribution is -0.165. The van der Waals surface area contributed by atoms with Crippen molar-refractivity contribution in [2.75, 3.05) is 6.61 Å². The summed E-state index contributed by atoms with van der Waals surface area (Å²) >= 11 is 0. The maximum absolute atomic E-state index is 13.2. The summed E-state index contributed by atoms with van der Waals surface area (Å²) in [6.07, 6.45) is 4.16. The topological polar surface area (TPSA) is 101 Å². The fourth-order valence-corrected chi connectivity index (χ4v) is 3.83. The van der Waals surface area contributed by atoms with Gasteiger partial charge in [-0.3, -0.25) is 4.55 Å². The number of halogens is 2. The highest BCUT2D eigenvalue weighted by Gasteiger charge is 2.54. The van der Waals surface area contributed by atoms with Gasteiger partial charge in [0.15, 0.2) is 0 Å². The molecule has 1 saturated carbocycles. The largest absolute Gasteiger partial charge is 0.465 e. The van der Waals surface area contributed by atoms with E-state index in [1.54, 1.807) is 19.9 Å². The van der Waals surface area contributed by atoms with Gasteiger partial charge in [-0.15, -0.1) is 0 Å². The van der Waals surface area contributed by atoms with Gasteiger partial charge in [-0.1, -0.05) is 18.6 Å². The number of carbonyl (C=O) groups excluding carboxylic acids is 1. The molecule has 3 rings (SSSR count). The predicted molar refractivity (Wildman–Crippen MR) is 76.2 cm³/mol. The van der Waals surface area contributed by atoms with Crippen LogP contribution in [0.5, 0.6) is 0 Å². The second kappa shape index (κ2) is 5.49. The highest BCUT2D eigenvalue weighted by molar-refractivity contribution is 7.87. The van der Waals surface area contributed by atoms with Crippen LogP contribution in [0.25, 0.3) is 0 Å². The maximum Gasteiger partial charge on any atom is 0.465 e. The molecule has 0 spiro atoms. The zero-order valence-electron chi connectivity index (χ0n) is 12.9. The van der Waals surface area contributed by atoms with Crippen LogP contribution in [0, 0.1) is 11.3 Å². The number of allylic oxidation sites excluding steroid dienone is 1. The van der Waals surface area contributed by atoms with E-state index in [1.165, 1.54) is 0 Å². The van der Waals surface area contributed by atoms with E-state index in [1.807, 2.05) is 0 Å². The van der Waals surface area contributed by atoms with Crippen LogP contribution in [0.15, 0.2) is 11.6 Å². The zero-order valence-corrected chi connectivity index (χ0v) is 13.7. The summed E-state index contributed by atoms with van der Waals surface area (Å²) in [4.78, 5) is 11.3. The molecule has 3 aliphatic rings. The van der Waals surface area contributed by atoms with E-state index >= 15 is 0 Å². The van der Waals surface area contributed by atoms with E-state index in [-0.39, 0.29) is 6.42 Å². The summed E-state index contributed by atoms with van der Waals surface area (Å²) in [5, 5.41) is 5.40. The van der Waals surface area contributed by atoms with Crippen LogP contribution in [0.3, 0.4) is 0 Å². The summed E-state index contributed by atoms with van der Waals surface area (Å²) < 4.78 is 60.3. The Balaban J connectivity index is 2.13. The Labute approximate surface area is 133 Å². The van der Waals surface area contributed by atoms with Gasteiger partial charge >= 0.3 is 21.3 Å². The quantitative estimate of drug-likeness (QED) is 0.454. The van der Waals surface area contributed by atoms with E-state index in [0.29, 0.717) is 12.3 Å². The lowest BCUT2D eigenvalue weighted by atomic mass is 9.64. The van der Waals surface area contributed by atoms with Crippen molar-refractivity contribution in [1.82, 2.24) is 0 Å². The van der Waals surface area contributed by atoms with E-state index in [0.717, 1.165) is 18.4 Å². The first kappa shape index (κ1) is 18.3. The molecule has 132 valence electrons. The fraction of sp³-hybridized carbons (Fsp3) is 0.786. The van der Waals surface area contributed by atoms with Crippen molar-refractivity contribution in [1.29, 1.82) is 0 Å². The van der Waals surface area contributed by atoms with Gasteiger partial charge < -0.3 is 9.84 Å². The number of fused-ring (bicyclic) bond motifs is 4. The molecule has 2 unspecified atom stereocenters. The summed E-state index contributed by atoms with van der Waals surface area (Å²) in [5.41, 5.74) is -0.833. The summed E-state index contributed by atoms with van der Waals surface area (Å²) in [6, 6.07) is 0. The Morgan fingerprint density at radius 2 is 2.00 bits per heavy atom. The number of ether oxygens (including phenoxy) is 1. The molecule has 0 aromatic carbocycles. The van der Waals surface area contributed by atoms with Crippen LogP contribution in [0.1, 0.15) is 39.5 Å². The van der Waals surface area contributed by atoms with Crippen molar-refractivity contribution >= 4 is 16.1 Å². The second-order valence-corrected chi connectivity index (χ2v) is 8.64. The molecule has 0 aromatic heterocycles. The summed E-state index contributed by atoms with van der Waals surface area (Å²) in [6.45, 7) is 2.77. The van der Waals surface area contributed by atoms with Crippen LogP contribution in [-0.4, -0.2) is 41.5 Å². The van der Waals surface area contributed by atoms with E-state index in [4.69, 9.17) is 4.55 Å². The van der Waals surface area contributed by atoms with Crippen molar-refractivity contribution in [2.45, 2.75) is 50.4 Å². The Morgan fingerprint density at radius 1 is 1.43 bits per heavy atom. The highest BCUT2D eigenvalue weighted by Crippen LogP contribution is 2.47.